The van der Waals surface area contributed by atoms with Crippen molar-refractivity contribution in [2.45, 2.75) is 33.1 Å². The number of thiazole rings is 1. The number of aryl methyl sites for hydroxylation is 2. The molecule has 0 spiro atoms. The minimum absolute atomic E-state index is 0.164. The second-order valence-corrected chi connectivity index (χ2v) is 7.05. The molecule has 0 saturated carbocycles. The average molecular weight is 377 g/mol. The van der Waals surface area contributed by atoms with Crippen LogP contribution in [-0.4, -0.2) is 16.0 Å². The first kappa shape index (κ1) is 18.2. The first-order valence-electron chi connectivity index (χ1n) is 8.02. The van der Waals surface area contributed by atoms with Gasteiger partial charge in [-0.25, -0.2) is 13.8 Å². The Labute approximate surface area is 153 Å². The van der Waals surface area contributed by atoms with Gasteiger partial charge in [-0.05, 0) is 38.0 Å². The molecule has 3 aromatic rings. The second-order valence-electron chi connectivity index (χ2n) is 5.94. The molecule has 1 aromatic carbocycles. The van der Waals surface area contributed by atoms with Gasteiger partial charge in [-0.3, -0.25) is 4.79 Å². The van der Waals surface area contributed by atoms with Crippen LogP contribution in [0.25, 0.3) is 0 Å². The normalized spacial score (nSPS) is 10.9. The van der Waals surface area contributed by atoms with Gasteiger partial charge in [0.2, 0.25) is 5.91 Å². The van der Waals surface area contributed by atoms with E-state index < -0.39 is 11.6 Å². The van der Waals surface area contributed by atoms with Gasteiger partial charge in [0.1, 0.15) is 17.4 Å². The van der Waals surface area contributed by atoms with Crippen LogP contribution in [0.15, 0.2) is 28.9 Å². The summed E-state index contributed by atoms with van der Waals surface area (Å²) >= 11 is 1.28. The summed E-state index contributed by atoms with van der Waals surface area (Å²) in [4.78, 5) is 17.0. The molecule has 0 bridgehead atoms. The number of hydrogen-bond acceptors (Lipinski definition) is 5. The summed E-state index contributed by atoms with van der Waals surface area (Å²) in [7, 11) is 0. The van der Waals surface area contributed by atoms with Gasteiger partial charge in [-0.15, -0.1) is 11.3 Å². The highest BCUT2D eigenvalue weighted by Crippen LogP contribution is 2.22. The van der Waals surface area contributed by atoms with E-state index in [4.69, 9.17) is 4.52 Å². The third-order valence-electron chi connectivity index (χ3n) is 3.88. The van der Waals surface area contributed by atoms with E-state index in [0.717, 1.165) is 22.2 Å². The summed E-state index contributed by atoms with van der Waals surface area (Å²) in [6.45, 7) is 3.65. The topological polar surface area (TPSA) is 68.0 Å². The maximum atomic E-state index is 13.2. The lowest BCUT2D eigenvalue weighted by Gasteiger charge is -2.02. The molecule has 0 saturated heterocycles. The Morgan fingerprint density at radius 1 is 1.23 bits per heavy atom. The van der Waals surface area contributed by atoms with Crippen LogP contribution in [-0.2, 0) is 17.6 Å². The van der Waals surface area contributed by atoms with Crippen LogP contribution >= 0.6 is 11.3 Å². The van der Waals surface area contributed by atoms with Crippen molar-refractivity contribution in [3.8, 4) is 0 Å². The molecule has 8 heteroatoms. The first-order valence-corrected chi connectivity index (χ1v) is 8.83. The molecule has 136 valence electrons. The fourth-order valence-electron chi connectivity index (χ4n) is 2.64. The van der Waals surface area contributed by atoms with Gasteiger partial charge < -0.3 is 9.84 Å². The van der Waals surface area contributed by atoms with E-state index >= 15 is 0 Å². The minimum atomic E-state index is -0.614. The Morgan fingerprint density at radius 2 is 1.96 bits per heavy atom. The highest BCUT2D eigenvalue weighted by Gasteiger charge is 2.13. The van der Waals surface area contributed by atoms with Crippen LogP contribution in [0.5, 0.6) is 0 Å². The summed E-state index contributed by atoms with van der Waals surface area (Å²) in [6, 6.07) is 3.40. The first-order chi connectivity index (χ1) is 12.4. The molecule has 0 aliphatic carbocycles. The number of amides is 1. The van der Waals surface area contributed by atoms with E-state index in [9.17, 15) is 13.6 Å². The number of rotatable bonds is 6. The molecule has 0 unspecified atom stereocenters. The third-order valence-corrected chi connectivity index (χ3v) is 4.80. The van der Waals surface area contributed by atoms with Crippen molar-refractivity contribution >= 4 is 22.4 Å². The fraction of sp³-hybridized carbons (Fsp3) is 0.278. The van der Waals surface area contributed by atoms with Gasteiger partial charge in [0.15, 0.2) is 5.13 Å². The number of nitrogens with one attached hydrogen (secondary N) is 1. The van der Waals surface area contributed by atoms with E-state index in [1.807, 2.05) is 13.8 Å². The molecule has 1 N–H and O–H groups in total. The number of halogens is 2. The molecule has 2 aromatic heterocycles. The number of carbonyl (C=O) groups excluding carboxylic acids is 1. The summed E-state index contributed by atoms with van der Waals surface area (Å²) in [5.41, 5.74) is 2.24. The van der Waals surface area contributed by atoms with Gasteiger partial charge in [0.05, 0.1) is 5.69 Å². The van der Waals surface area contributed by atoms with E-state index in [2.05, 4.69) is 15.5 Å². The van der Waals surface area contributed by atoms with Crippen molar-refractivity contribution < 1.29 is 18.1 Å². The number of hydrogen-bond donors (Lipinski definition) is 1. The lowest BCUT2D eigenvalue weighted by Crippen LogP contribution is -2.12. The number of aromatic nitrogens is 2. The number of anilines is 1. The molecular formula is C18H17F2N3O2S. The SMILES string of the molecule is Cc1noc(C)c1CCC(=O)Nc1ncc(Cc2cc(F)cc(F)c2)s1. The summed E-state index contributed by atoms with van der Waals surface area (Å²) < 4.78 is 31.6. The van der Waals surface area contributed by atoms with E-state index in [0.29, 0.717) is 29.3 Å². The van der Waals surface area contributed by atoms with E-state index in [1.165, 1.54) is 23.5 Å². The Hall–Kier alpha value is -2.61. The number of nitrogens with zero attached hydrogens (tertiary/aromatic N) is 2. The lowest BCUT2D eigenvalue weighted by atomic mass is 10.1. The smallest absolute Gasteiger partial charge is 0.226 e. The Balaban J connectivity index is 1.57. The molecule has 0 radical (unpaired) electrons. The second kappa shape index (κ2) is 7.74. The molecule has 26 heavy (non-hydrogen) atoms. The predicted octanol–water partition coefficient (Wildman–Crippen LogP) is 4.19. The summed E-state index contributed by atoms with van der Waals surface area (Å²) in [5, 5.41) is 7.06. The minimum Gasteiger partial charge on any atom is -0.361 e. The van der Waals surface area contributed by atoms with Crippen LogP contribution in [0.4, 0.5) is 13.9 Å². The zero-order chi connectivity index (χ0) is 18.7. The molecule has 3 rings (SSSR count). The molecule has 0 aliphatic rings. The highest BCUT2D eigenvalue weighted by atomic mass is 32.1. The molecular weight excluding hydrogens is 360 g/mol. The Bertz CT molecular complexity index is 897. The quantitative estimate of drug-likeness (QED) is 0.699. The highest BCUT2D eigenvalue weighted by molar-refractivity contribution is 7.15. The standard InChI is InChI=1S/C18H17F2N3O2S/c1-10-16(11(2)25-23-10)3-4-17(24)22-18-21-9-15(26-18)7-12-5-13(19)8-14(20)6-12/h5-6,8-9H,3-4,7H2,1-2H3,(H,21,22,24). The van der Waals surface area contributed by atoms with Crippen LogP contribution in [0, 0.1) is 25.5 Å². The summed E-state index contributed by atoms with van der Waals surface area (Å²) in [5.74, 6) is -0.674. The molecule has 0 fully saturated rings. The van der Waals surface area contributed by atoms with Crippen LogP contribution in [0.1, 0.15) is 33.9 Å². The predicted molar refractivity (Wildman–Crippen MR) is 94.2 cm³/mol. The van der Waals surface area contributed by atoms with Crippen molar-refractivity contribution in [2.75, 3.05) is 5.32 Å². The number of carbonyl (C=O) groups is 1. The third kappa shape index (κ3) is 4.51. The van der Waals surface area contributed by atoms with Gasteiger partial charge in [0.25, 0.3) is 0 Å². The van der Waals surface area contributed by atoms with Crippen molar-refractivity contribution in [3.63, 3.8) is 0 Å². The maximum Gasteiger partial charge on any atom is 0.226 e. The van der Waals surface area contributed by atoms with Gasteiger partial charge >= 0.3 is 0 Å². The monoisotopic (exact) mass is 377 g/mol. The Kier molecular flexibility index (Phi) is 5.41. The van der Waals surface area contributed by atoms with Crippen molar-refractivity contribution in [1.29, 1.82) is 0 Å². The van der Waals surface area contributed by atoms with Gasteiger partial charge in [0, 0.05) is 35.5 Å². The van der Waals surface area contributed by atoms with Crippen molar-refractivity contribution in [1.82, 2.24) is 10.1 Å². The molecule has 0 aliphatic heterocycles. The maximum absolute atomic E-state index is 13.2. The van der Waals surface area contributed by atoms with Crippen LogP contribution < -0.4 is 5.32 Å². The molecule has 1 amide bonds. The van der Waals surface area contributed by atoms with Gasteiger partial charge in [-0.2, -0.15) is 0 Å². The lowest BCUT2D eigenvalue weighted by molar-refractivity contribution is -0.116. The van der Waals surface area contributed by atoms with Crippen LogP contribution in [0.3, 0.4) is 0 Å². The molecule has 5 nitrogen and oxygen atoms in total. The van der Waals surface area contributed by atoms with E-state index in [-0.39, 0.29) is 12.3 Å². The van der Waals surface area contributed by atoms with E-state index in [1.54, 1.807) is 6.20 Å². The zero-order valence-electron chi connectivity index (χ0n) is 14.3. The summed E-state index contributed by atoms with van der Waals surface area (Å²) in [6.07, 6.45) is 2.76. The molecule has 0 atom stereocenters. The average Bonchev–Trinajstić information content (AvgIpc) is 3.11. The fourth-order valence-corrected chi connectivity index (χ4v) is 3.50. The van der Waals surface area contributed by atoms with Crippen molar-refractivity contribution in [3.05, 3.63) is 63.5 Å². The Morgan fingerprint density at radius 3 is 2.62 bits per heavy atom. The van der Waals surface area contributed by atoms with Crippen LogP contribution in [0.2, 0.25) is 0 Å². The number of benzene rings is 1. The van der Waals surface area contributed by atoms with Gasteiger partial charge in [-0.1, -0.05) is 5.16 Å². The van der Waals surface area contributed by atoms with Crippen molar-refractivity contribution in [2.24, 2.45) is 0 Å². The largest absolute Gasteiger partial charge is 0.361 e. The molecule has 2 heterocycles. The zero-order valence-corrected chi connectivity index (χ0v) is 15.1.